The van der Waals surface area contributed by atoms with E-state index in [4.69, 9.17) is 9.47 Å². The van der Waals surface area contributed by atoms with Crippen LogP contribution in [0.15, 0.2) is 121 Å². The minimum atomic E-state index is -0.695. The van der Waals surface area contributed by atoms with Gasteiger partial charge in [-0.3, -0.25) is 0 Å². The lowest BCUT2D eigenvalue weighted by molar-refractivity contribution is -0.0270. The second-order valence-corrected chi connectivity index (χ2v) is 7.17. The number of ether oxygens (including phenoxy) is 2. The Balaban J connectivity index is 1.61. The van der Waals surface area contributed by atoms with E-state index in [0.717, 1.165) is 22.3 Å². The Morgan fingerprint density at radius 1 is 0.467 bits per heavy atom. The average Bonchev–Trinajstić information content (AvgIpc) is 2.84. The van der Waals surface area contributed by atoms with Gasteiger partial charge >= 0.3 is 0 Å². The van der Waals surface area contributed by atoms with Gasteiger partial charge in [-0.15, -0.1) is 0 Å². The number of rotatable bonds is 9. The standard InChI is InChI=1S/C28H26O2/c1-5-13-24(14-6-1)23-29-21-22-30-28(25-15-7-2-8-16-25,26-17-9-3-10-18-26)27-19-11-4-12-20-27/h1-20H,21-23H2. The molecule has 0 spiro atoms. The van der Waals surface area contributed by atoms with Crippen LogP contribution >= 0.6 is 0 Å². The molecule has 4 aromatic carbocycles. The third-order valence-corrected chi connectivity index (χ3v) is 5.20. The summed E-state index contributed by atoms with van der Waals surface area (Å²) in [6.07, 6.45) is 0. The molecular formula is C28H26O2. The maximum atomic E-state index is 6.70. The highest BCUT2D eigenvalue weighted by Gasteiger charge is 2.37. The summed E-state index contributed by atoms with van der Waals surface area (Å²) in [5.74, 6) is 0. The van der Waals surface area contributed by atoms with E-state index in [9.17, 15) is 0 Å². The Bertz CT molecular complexity index is 903. The number of benzene rings is 4. The van der Waals surface area contributed by atoms with Gasteiger partial charge in [0.1, 0.15) is 5.60 Å². The molecule has 4 aromatic rings. The van der Waals surface area contributed by atoms with Gasteiger partial charge in [0.15, 0.2) is 0 Å². The fourth-order valence-electron chi connectivity index (χ4n) is 3.79. The van der Waals surface area contributed by atoms with Crippen LogP contribution < -0.4 is 0 Å². The van der Waals surface area contributed by atoms with Gasteiger partial charge in [0.25, 0.3) is 0 Å². The summed E-state index contributed by atoms with van der Waals surface area (Å²) in [4.78, 5) is 0. The molecule has 2 heteroatoms. The lowest BCUT2D eigenvalue weighted by atomic mass is 9.80. The quantitative estimate of drug-likeness (QED) is 0.248. The van der Waals surface area contributed by atoms with Crippen LogP contribution in [0.2, 0.25) is 0 Å². The van der Waals surface area contributed by atoms with Gasteiger partial charge in [-0.2, -0.15) is 0 Å². The highest BCUT2D eigenvalue weighted by Crippen LogP contribution is 2.40. The predicted octanol–water partition coefficient (Wildman–Crippen LogP) is 6.21. The van der Waals surface area contributed by atoms with E-state index in [1.54, 1.807) is 0 Å². The van der Waals surface area contributed by atoms with Crippen LogP contribution in [0.4, 0.5) is 0 Å². The molecule has 0 aliphatic heterocycles. The predicted molar refractivity (Wildman–Crippen MR) is 121 cm³/mol. The zero-order chi connectivity index (χ0) is 20.5. The van der Waals surface area contributed by atoms with Crippen molar-refractivity contribution >= 4 is 0 Å². The molecule has 0 saturated heterocycles. The number of hydrogen-bond donors (Lipinski definition) is 0. The minimum Gasteiger partial charge on any atom is -0.374 e. The van der Waals surface area contributed by atoms with Gasteiger partial charge < -0.3 is 9.47 Å². The van der Waals surface area contributed by atoms with Crippen molar-refractivity contribution in [3.8, 4) is 0 Å². The van der Waals surface area contributed by atoms with Crippen LogP contribution in [0.3, 0.4) is 0 Å². The normalized spacial score (nSPS) is 11.3. The van der Waals surface area contributed by atoms with Gasteiger partial charge in [-0.25, -0.2) is 0 Å². The van der Waals surface area contributed by atoms with E-state index < -0.39 is 5.60 Å². The van der Waals surface area contributed by atoms with Crippen LogP contribution in [0, 0.1) is 0 Å². The molecule has 0 bridgehead atoms. The van der Waals surface area contributed by atoms with Crippen molar-refractivity contribution in [1.82, 2.24) is 0 Å². The lowest BCUT2D eigenvalue weighted by Crippen LogP contribution is -2.34. The zero-order valence-electron chi connectivity index (χ0n) is 17.0. The fourth-order valence-corrected chi connectivity index (χ4v) is 3.79. The molecule has 0 unspecified atom stereocenters. The molecule has 0 radical (unpaired) electrons. The third-order valence-electron chi connectivity index (χ3n) is 5.20. The van der Waals surface area contributed by atoms with Gasteiger partial charge in [0.05, 0.1) is 19.8 Å². The van der Waals surface area contributed by atoms with Crippen molar-refractivity contribution < 1.29 is 9.47 Å². The van der Waals surface area contributed by atoms with Crippen molar-refractivity contribution in [2.45, 2.75) is 12.2 Å². The number of hydrogen-bond acceptors (Lipinski definition) is 2. The van der Waals surface area contributed by atoms with E-state index in [1.807, 2.05) is 36.4 Å². The van der Waals surface area contributed by atoms with Crippen molar-refractivity contribution in [2.75, 3.05) is 13.2 Å². The molecule has 30 heavy (non-hydrogen) atoms. The van der Waals surface area contributed by atoms with Gasteiger partial charge in [-0.1, -0.05) is 121 Å². The molecule has 0 fully saturated rings. The molecule has 0 saturated carbocycles. The highest BCUT2D eigenvalue weighted by molar-refractivity contribution is 5.47. The van der Waals surface area contributed by atoms with E-state index >= 15 is 0 Å². The topological polar surface area (TPSA) is 18.5 Å². The highest BCUT2D eigenvalue weighted by atomic mass is 16.5. The fraction of sp³-hybridized carbons (Fsp3) is 0.143. The van der Waals surface area contributed by atoms with Crippen LogP contribution in [0.5, 0.6) is 0 Å². The van der Waals surface area contributed by atoms with E-state index in [0.29, 0.717) is 19.8 Å². The van der Waals surface area contributed by atoms with E-state index in [2.05, 4.69) is 84.9 Å². The Kier molecular flexibility index (Phi) is 6.71. The zero-order valence-corrected chi connectivity index (χ0v) is 17.0. The van der Waals surface area contributed by atoms with Crippen molar-refractivity contribution in [1.29, 1.82) is 0 Å². The summed E-state index contributed by atoms with van der Waals surface area (Å²) in [5.41, 5.74) is 3.78. The molecular weight excluding hydrogens is 368 g/mol. The molecule has 0 aromatic heterocycles. The first-order chi connectivity index (χ1) is 14.9. The molecule has 4 rings (SSSR count). The average molecular weight is 395 g/mol. The summed E-state index contributed by atoms with van der Waals surface area (Å²) in [6.45, 7) is 1.58. The van der Waals surface area contributed by atoms with Gasteiger partial charge in [0, 0.05) is 0 Å². The van der Waals surface area contributed by atoms with Gasteiger partial charge in [-0.05, 0) is 22.3 Å². The molecule has 0 atom stereocenters. The molecule has 0 heterocycles. The summed E-state index contributed by atoms with van der Waals surface area (Å²) in [7, 11) is 0. The third kappa shape index (κ3) is 4.51. The second-order valence-electron chi connectivity index (χ2n) is 7.17. The van der Waals surface area contributed by atoms with Crippen LogP contribution in [0.25, 0.3) is 0 Å². The second kappa shape index (κ2) is 10.0. The molecule has 0 aliphatic rings. The SMILES string of the molecule is c1ccc(COCCOC(c2ccccc2)(c2ccccc2)c2ccccc2)cc1. The molecule has 0 amide bonds. The first kappa shape index (κ1) is 20.1. The Morgan fingerprint density at radius 3 is 1.30 bits per heavy atom. The largest absolute Gasteiger partial charge is 0.374 e. The summed E-state index contributed by atoms with van der Waals surface area (Å²) in [6, 6.07) is 41.5. The van der Waals surface area contributed by atoms with E-state index in [1.165, 1.54) is 0 Å². The minimum absolute atomic E-state index is 0.478. The molecule has 150 valence electrons. The Labute approximate surface area is 178 Å². The Hall–Kier alpha value is -3.20. The Morgan fingerprint density at radius 2 is 0.867 bits per heavy atom. The van der Waals surface area contributed by atoms with Crippen LogP contribution in [0.1, 0.15) is 22.3 Å². The lowest BCUT2D eigenvalue weighted by Gasteiger charge is -2.36. The smallest absolute Gasteiger partial charge is 0.143 e. The summed E-state index contributed by atoms with van der Waals surface area (Å²) in [5, 5.41) is 0. The first-order valence-corrected chi connectivity index (χ1v) is 10.3. The van der Waals surface area contributed by atoms with E-state index in [-0.39, 0.29) is 0 Å². The first-order valence-electron chi connectivity index (χ1n) is 10.3. The molecule has 2 nitrogen and oxygen atoms in total. The molecule has 0 aliphatic carbocycles. The van der Waals surface area contributed by atoms with Crippen molar-refractivity contribution in [3.05, 3.63) is 144 Å². The van der Waals surface area contributed by atoms with Crippen LogP contribution in [-0.4, -0.2) is 13.2 Å². The van der Waals surface area contributed by atoms with Crippen LogP contribution in [-0.2, 0) is 21.7 Å². The molecule has 0 N–H and O–H groups in total. The summed E-state index contributed by atoms with van der Waals surface area (Å²) >= 11 is 0. The maximum absolute atomic E-state index is 6.70. The van der Waals surface area contributed by atoms with Gasteiger partial charge in [0.2, 0.25) is 0 Å². The summed E-state index contributed by atoms with van der Waals surface area (Å²) < 4.78 is 12.6. The maximum Gasteiger partial charge on any atom is 0.143 e. The monoisotopic (exact) mass is 394 g/mol. The van der Waals surface area contributed by atoms with Crippen molar-refractivity contribution in [2.24, 2.45) is 0 Å². The van der Waals surface area contributed by atoms with Crippen molar-refractivity contribution in [3.63, 3.8) is 0 Å².